The summed E-state index contributed by atoms with van der Waals surface area (Å²) in [5.41, 5.74) is 0. The molecule has 7 heavy (non-hydrogen) atoms. The van der Waals surface area contributed by atoms with Gasteiger partial charge in [-0.2, -0.15) is 0 Å². The highest BCUT2D eigenvalue weighted by molar-refractivity contribution is 5.66. The lowest BCUT2D eigenvalue weighted by molar-refractivity contribution is -0.140. The van der Waals surface area contributed by atoms with Gasteiger partial charge in [0.15, 0.2) is 0 Å². The van der Waals surface area contributed by atoms with Crippen molar-refractivity contribution in [3.05, 3.63) is 0 Å². The van der Waals surface area contributed by atoms with Gasteiger partial charge < -0.3 is 4.84 Å². The highest BCUT2D eigenvalue weighted by Gasteiger charge is 1.82. The van der Waals surface area contributed by atoms with Crippen molar-refractivity contribution in [2.75, 3.05) is 0 Å². The minimum absolute atomic E-state index is 0.391. The van der Waals surface area contributed by atoms with Gasteiger partial charge in [-0.1, -0.05) is 5.16 Å². The fourth-order valence-corrected chi connectivity index (χ4v) is 0.127. The van der Waals surface area contributed by atoms with Gasteiger partial charge in [0.2, 0.25) is 0 Å². The van der Waals surface area contributed by atoms with Crippen LogP contribution in [-0.2, 0) is 9.63 Å². The number of oxime groups is 1. The predicted octanol–water partition coefficient (Wildman–Crippen LogP) is 0.555. The first kappa shape index (κ1) is 6.14. The molecule has 0 amide bonds. The second-order valence-corrected chi connectivity index (χ2v) is 0.946. The fourth-order valence-electron chi connectivity index (χ4n) is 0.127. The summed E-state index contributed by atoms with van der Waals surface area (Å²) in [7, 11) is 0. The lowest BCUT2D eigenvalue weighted by atomic mass is 10.8. The molecule has 0 aromatic rings. The van der Waals surface area contributed by atoms with Crippen molar-refractivity contribution in [1.29, 1.82) is 0 Å². The molecule has 0 aliphatic rings. The Hall–Kier alpha value is -0.860. The third-order valence-electron chi connectivity index (χ3n) is 0.287. The minimum atomic E-state index is -0.391. The standard InChI is InChI=1S/C4H7NO2/c1-3-5-7-4(2)6/h3H,1-2H3/b5-3+. The molecule has 0 unspecified atom stereocenters. The number of carbonyl (C=O) groups is 1. The van der Waals surface area contributed by atoms with Crippen LogP contribution in [-0.4, -0.2) is 12.2 Å². The van der Waals surface area contributed by atoms with E-state index in [-0.39, 0.29) is 0 Å². The van der Waals surface area contributed by atoms with E-state index in [1.165, 1.54) is 13.1 Å². The van der Waals surface area contributed by atoms with Crippen molar-refractivity contribution >= 4 is 12.2 Å². The van der Waals surface area contributed by atoms with Crippen molar-refractivity contribution in [2.24, 2.45) is 5.16 Å². The van der Waals surface area contributed by atoms with Gasteiger partial charge in [0.05, 0.1) is 0 Å². The first-order chi connectivity index (χ1) is 3.27. The van der Waals surface area contributed by atoms with E-state index < -0.39 is 5.97 Å². The number of rotatable bonds is 1. The Morgan fingerprint density at radius 3 is 2.57 bits per heavy atom. The zero-order valence-corrected chi connectivity index (χ0v) is 4.34. The zero-order chi connectivity index (χ0) is 5.70. The summed E-state index contributed by atoms with van der Waals surface area (Å²) in [6.45, 7) is 2.97. The summed E-state index contributed by atoms with van der Waals surface area (Å²) in [6.07, 6.45) is 1.40. The highest BCUT2D eigenvalue weighted by atomic mass is 16.7. The Kier molecular flexibility index (Phi) is 2.92. The molecule has 0 fully saturated rings. The molecule has 3 nitrogen and oxygen atoms in total. The number of nitrogens with zero attached hydrogens (tertiary/aromatic N) is 1. The Labute approximate surface area is 42.0 Å². The van der Waals surface area contributed by atoms with Crippen LogP contribution in [0.1, 0.15) is 13.8 Å². The second kappa shape index (κ2) is 3.33. The quantitative estimate of drug-likeness (QED) is 0.275. The highest BCUT2D eigenvalue weighted by Crippen LogP contribution is 1.72. The summed E-state index contributed by atoms with van der Waals surface area (Å²) < 4.78 is 0. The Morgan fingerprint density at radius 2 is 2.43 bits per heavy atom. The largest absolute Gasteiger partial charge is 0.331 e. The van der Waals surface area contributed by atoms with Gasteiger partial charge in [0, 0.05) is 13.1 Å². The van der Waals surface area contributed by atoms with Crippen LogP contribution in [0.3, 0.4) is 0 Å². The van der Waals surface area contributed by atoms with Crippen LogP contribution < -0.4 is 0 Å². The average molecular weight is 101 g/mol. The van der Waals surface area contributed by atoms with Gasteiger partial charge in [0.25, 0.3) is 0 Å². The maximum Gasteiger partial charge on any atom is 0.331 e. The second-order valence-electron chi connectivity index (χ2n) is 0.946. The van der Waals surface area contributed by atoms with E-state index in [1.54, 1.807) is 6.92 Å². The summed E-state index contributed by atoms with van der Waals surface area (Å²) in [6, 6.07) is 0. The molecule has 0 aromatic carbocycles. The van der Waals surface area contributed by atoms with Crippen LogP contribution in [0.2, 0.25) is 0 Å². The third-order valence-corrected chi connectivity index (χ3v) is 0.287. The molecule has 0 atom stereocenters. The molecule has 0 saturated carbocycles. The van der Waals surface area contributed by atoms with E-state index >= 15 is 0 Å². The summed E-state index contributed by atoms with van der Waals surface area (Å²) in [4.78, 5) is 14.0. The zero-order valence-electron chi connectivity index (χ0n) is 4.34. The maximum atomic E-state index is 9.87. The monoisotopic (exact) mass is 101 g/mol. The van der Waals surface area contributed by atoms with E-state index in [1.807, 2.05) is 0 Å². The molecular weight excluding hydrogens is 94.0 g/mol. The normalized spacial score (nSPS) is 9.43. The fraction of sp³-hybridized carbons (Fsp3) is 0.500. The lowest BCUT2D eigenvalue weighted by Crippen LogP contribution is -1.89. The van der Waals surface area contributed by atoms with Crippen molar-refractivity contribution in [3.8, 4) is 0 Å². The first-order valence-electron chi connectivity index (χ1n) is 1.93. The topological polar surface area (TPSA) is 38.7 Å². The van der Waals surface area contributed by atoms with Gasteiger partial charge in [-0.3, -0.25) is 0 Å². The molecule has 3 heteroatoms. The third kappa shape index (κ3) is 5.14. The Bertz CT molecular complexity index is 87.7. The van der Waals surface area contributed by atoms with Crippen LogP contribution in [0, 0.1) is 0 Å². The molecule has 0 aliphatic carbocycles. The first-order valence-corrected chi connectivity index (χ1v) is 1.93. The van der Waals surface area contributed by atoms with Crippen LogP contribution in [0.25, 0.3) is 0 Å². The number of carbonyl (C=O) groups excluding carboxylic acids is 1. The molecule has 0 aromatic heterocycles. The predicted molar refractivity (Wildman–Crippen MR) is 25.9 cm³/mol. The molecule has 0 rings (SSSR count). The summed E-state index contributed by atoms with van der Waals surface area (Å²) in [5.74, 6) is -0.391. The molecule has 0 saturated heterocycles. The lowest BCUT2D eigenvalue weighted by Gasteiger charge is -1.82. The van der Waals surface area contributed by atoms with E-state index in [9.17, 15) is 4.79 Å². The minimum Gasteiger partial charge on any atom is -0.319 e. The number of hydrogen-bond acceptors (Lipinski definition) is 3. The molecule has 0 radical (unpaired) electrons. The van der Waals surface area contributed by atoms with E-state index in [4.69, 9.17) is 0 Å². The van der Waals surface area contributed by atoms with Crippen LogP contribution in [0.15, 0.2) is 5.16 Å². The molecule has 0 bridgehead atoms. The molecular formula is C4H7NO2. The van der Waals surface area contributed by atoms with Crippen molar-refractivity contribution in [1.82, 2.24) is 0 Å². The van der Waals surface area contributed by atoms with Crippen LogP contribution in [0.5, 0.6) is 0 Å². The van der Waals surface area contributed by atoms with Gasteiger partial charge in [0.1, 0.15) is 0 Å². The van der Waals surface area contributed by atoms with Gasteiger partial charge in [-0.25, -0.2) is 4.79 Å². The Balaban J connectivity index is 3.14. The van der Waals surface area contributed by atoms with Crippen molar-refractivity contribution in [2.45, 2.75) is 13.8 Å². The van der Waals surface area contributed by atoms with Gasteiger partial charge in [-0.15, -0.1) is 0 Å². The molecule has 40 valence electrons. The SMILES string of the molecule is C/C=N/OC(C)=O. The smallest absolute Gasteiger partial charge is 0.319 e. The van der Waals surface area contributed by atoms with E-state index in [2.05, 4.69) is 9.99 Å². The van der Waals surface area contributed by atoms with Crippen LogP contribution >= 0.6 is 0 Å². The Morgan fingerprint density at radius 1 is 1.86 bits per heavy atom. The maximum absolute atomic E-state index is 9.87. The van der Waals surface area contributed by atoms with E-state index in [0.717, 1.165) is 0 Å². The average Bonchev–Trinajstić information content (AvgIpc) is 1.61. The van der Waals surface area contributed by atoms with Gasteiger partial charge in [-0.05, 0) is 6.92 Å². The summed E-state index contributed by atoms with van der Waals surface area (Å²) in [5, 5.41) is 3.20. The molecule has 0 N–H and O–H groups in total. The molecule has 0 aliphatic heterocycles. The van der Waals surface area contributed by atoms with Gasteiger partial charge >= 0.3 is 5.97 Å². The molecule has 0 heterocycles. The van der Waals surface area contributed by atoms with Crippen molar-refractivity contribution in [3.63, 3.8) is 0 Å². The summed E-state index contributed by atoms with van der Waals surface area (Å²) >= 11 is 0. The van der Waals surface area contributed by atoms with Crippen molar-refractivity contribution < 1.29 is 9.63 Å². The van der Waals surface area contributed by atoms with E-state index in [0.29, 0.717) is 0 Å². The van der Waals surface area contributed by atoms with Crippen LogP contribution in [0.4, 0.5) is 0 Å². The molecule has 0 spiro atoms. The number of hydrogen-bond donors (Lipinski definition) is 0.